The van der Waals surface area contributed by atoms with Crippen molar-refractivity contribution < 1.29 is 17.9 Å². The monoisotopic (exact) mass is 437 g/mol. The van der Waals surface area contributed by atoms with Crippen molar-refractivity contribution in [1.29, 1.82) is 0 Å². The van der Waals surface area contributed by atoms with E-state index in [1.54, 1.807) is 13.0 Å². The third-order valence-electron chi connectivity index (χ3n) is 3.60. The van der Waals surface area contributed by atoms with Crippen LogP contribution in [-0.2, 0) is 21.3 Å². The van der Waals surface area contributed by atoms with Crippen molar-refractivity contribution in [3.8, 4) is 0 Å². The first-order valence-corrected chi connectivity index (χ1v) is 10.2. The van der Waals surface area contributed by atoms with Gasteiger partial charge in [-0.2, -0.15) is 4.31 Å². The number of rotatable bonds is 8. The number of carbonyl (C=O) groups is 1. The zero-order valence-corrected chi connectivity index (χ0v) is 16.8. The smallest absolute Gasteiger partial charge is 0.338 e. The zero-order chi connectivity index (χ0) is 19.2. The van der Waals surface area contributed by atoms with Gasteiger partial charge in [0.05, 0.1) is 17.1 Å². The molecule has 2 rings (SSSR count). The molecular formula is C19H20BrNO4S. The van der Waals surface area contributed by atoms with E-state index in [2.05, 4.69) is 22.5 Å². The van der Waals surface area contributed by atoms with Crippen LogP contribution < -0.4 is 0 Å². The third kappa shape index (κ3) is 4.81. The molecule has 0 unspecified atom stereocenters. The van der Waals surface area contributed by atoms with Crippen LogP contribution in [0.1, 0.15) is 22.8 Å². The molecule has 0 amide bonds. The van der Waals surface area contributed by atoms with Crippen LogP contribution in [0.3, 0.4) is 0 Å². The van der Waals surface area contributed by atoms with E-state index in [0.717, 1.165) is 5.56 Å². The summed E-state index contributed by atoms with van der Waals surface area (Å²) in [6.07, 6.45) is 1.54. The molecule has 0 aromatic heterocycles. The van der Waals surface area contributed by atoms with E-state index in [0.29, 0.717) is 4.47 Å². The minimum atomic E-state index is -3.78. The Morgan fingerprint density at radius 3 is 2.50 bits per heavy atom. The molecule has 0 bridgehead atoms. The van der Waals surface area contributed by atoms with Crippen molar-refractivity contribution in [3.63, 3.8) is 0 Å². The van der Waals surface area contributed by atoms with Crippen LogP contribution >= 0.6 is 15.9 Å². The molecule has 0 heterocycles. The van der Waals surface area contributed by atoms with Crippen LogP contribution in [-0.4, -0.2) is 31.8 Å². The Kier molecular flexibility index (Phi) is 7.14. The summed E-state index contributed by atoms with van der Waals surface area (Å²) in [7, 11) is -3.78. The van der Waals surface area contributed by atoms with Gasteiger partial charge in [-0.3, -0.25) is 0 Å². The maximum atomic E-state index is 13.1. The van der Waals surface area contributed by atoms with Gasteiger partial charge in [0.25, 0.3) is 0 Å². The molecule has 0 N–H and O–H groups in total. The number of esters is 1. The quantitative estimate of drug-likeness (QED) is 0.462. The van der Waals surface area contributed by atoms with Crippen LogP contribution in [0, 0.1) is 0 Å². The third-order valence-corrected chi connectivity index (χ3v) is 6.38. The summed E-state index contributed by atoms with van der Waals surface area (Å²) < 4.78 is 32.8. The summed E-state index contributed by atoms with van der Waals surface area (Å²) in [4.78, 5) is 11.9. The summed E-state index contributed by atoms with van der Waals surface area (Å²) in [5.41, 5.74) is 1.16. The molecule has 0 radical (unpaired) electrons. The number of hydrogen-bond acceptors (Lipinski definition) is 4. The van der Waals surface area contributed by atoms with E-state index in [4.69, 9.17) is 4.74 Å². The van der Waals surface area contributed by atoms with Gasteiger partial charge in [-0.05, 0) is 46.6 Å². The minimum absolute atomic E-state index is 0.0864. The van der Waals surface area contributed by atoms with Gasteiger partial charge in [-0.1, -0.05) is 36.4 Å². The highest BCUT2D eigenvalue weighted by Crippen LogP contribution is 2.27. The largest absolute Gasteiger partial charge is 0.462 e. The predicted molar refractivity (Wildman–Crippen MR) is 104 cm³/mol. The van der Waals surface area contributed by atoms with E-state index in [1.165, 1.54) is 22.5 Å². The van der Waals surface area contributed by atoms with Crippen molar-refractivity contribution in [3.05, 3.63) is 76.8 Å². The van der Waals surface area contributed by atoms with Gasteiger partial charge in [-0.15, -0.1) is 6.58 Å². The fraction of sp³-hybridized carbons (Fsp3) is 0.211. The molecule has 0 atom stereocenters. The Bertz CT molecular complexity index is 882. The number of nitrogens with zero attached hydrogens (tertiary/aromatic N) is 1. The molecule has 0 aliphatic carbocycles. The van der Waals surface area contributed by atoms with E-state index in [1.807, 2.05) is 30.3 Å². The second-order valence-electron chi connectivity index (χ2n) is 5.44. The van der Waals surface area contributed by atoms with Crippen molar-refractivity contribution >= 4 is 31.9 Å². The SMILES string of the molecule is C=CCN(Cc1ccccc1)S(=O)(=O)c1ccc(C(=O)OCC)cc1Br. The second kappa shape index (κ2) is 9.12. The van der Waals surface area contributed by atoms with Crippen LogP contribution in [0.25, 0.3) is 0 Å². The normalized spacial score (nSPS) is 11.3. The lowest BCUT2D eigenvalue weighted by atomic mass is 10.2. The van der Waals surface area contributed by atoms with Crippen molar-refractivity contribution in [2.45, 2.75) is 18.4 Å². The summed E-state index contributed by atoms with van der Waals surface area (Å²) in [6, 6.07) is 13.6. The number of hydrogen-bond donors (Lipinski definition) is 0. The molecule has 0 aliphatic rings. The first kappa shape index (κ1) is 20.4. The predicted octanol–water partition coefficient (Wildman–Crippen LogP) is 4.00. The van der Waals surface area contributed by atoms with E-state index in [-0.39, 0.29) is 30.2 Å². The first-order valence-electron chi connectivity index (χ1n) is 8.01. The fourth-order valence-electron chi connectivity index (χ4n) is 2.37. The fourth-order valence-corrected chi connectivity index (χ4v) is 4.81. The van der Waals surface area contributed by atoms with E-state index in [9.17, 15) is 13.2 Å². The summed E-state index contributed by atoms with van der Waals surface area (Å²) in [5.74, 6) is -0.496. The highest BCUT2D eigenvalue weighted by molar-refractivity contribution is 9.10. The molecule has 0 saturated carbocycles. The molecule has 0 aliphatic heterocycles. The van der Waals surface area contributed by atoms with E-state index < -0.39 is 16.0 Å². The lowest BCUT2D eigenvalue weighted by molar-refractivity contribution is 0.0526. The van der Waals surface area contributed by atoms with E-state index >= 15 is 0 Å². The number of halogens is 1. The summed E-state index contributed by atoms with van der Waals surface area (Å²) in [6.45, 7) is 6.01. The van der Waals surface area contributed by atoms with Crippen LogP contribution in [0.4, 0.5) is 0 Å². The Labute approximate surface area is 162 Å². The Morgan fingerprint density at radius 2 is 1.92 bits per heavy atom. The average molecular weight is 438 g/mol. The molecule has 7 heteroatoms. The van der Waals surface area contributed by atoms with Gasteiger partial charge in [0, 0.05) is 17.6 Å². The molecule has 2 aromatic rings. The average Bonchev–Trinajstić information content (AvgIpc) is 2.62. The summed E-state index contributed by atoms with van der Waals surface area (Å²) >= 11 is 3.27. The molecule has 26 heavy (non-hydrogen) atoms. The number of sulfonamides is 1. The molecule has 2 aromatic carbocycles. The standard InChI is InChI=1S/C19H20BrNO4S/c1-3-12-21(14-15-8-6-5-7-9-15)26(23,24)18-11-10-16(13-17(18)20)19(22)25-4-2/h3,5-11,13H,1,4,12,14H2,2H3. The maximum absolute atomic E-state index is 13.1. The lowest BCUT2D eigenvalue weighted by Crippen LogP contribution is -2.31. The van der Waals surface area contributed by atoms with Gasteiger partial charge in [0.1, 0.15) is 0 Å². The molecule has 0 fully saturated rings. The minimum Gasteiger partial charge on any atom is -0.462 e. The van der Waals surface area contributed by atoms with Crippen molar-refractivity contribution in [2.24, 2.45) is 0 Å². The second-order valence-corrected chi connectivity index (χ2v) is 8.20. The first-order chi connectivity index (χ1) is 12.4. The Morgan fingerprint density at radius 1 is 1.23 bits per heavy atom. The van der Waals surface area contributed by atoms with Crippen molar-refractivity contribution in [2.75, 3.05) is 13.2 Å². The van der Waals surface area contributed by atoms with Gasteiger partial charge in [0.2, 0.25) is 10.0 Å². The topological polar surface area (TPSA) is 63.7 Å². The number of benzene rings is 2. The number of ether oxygens (including phenoxy) is 1. The van der Waals surface area contributed by atoms with Gasteiger partial charge in [-0.25, -0.2) is 13.2 Å². The highest BCUT2D eigenvalue weighted by atomic mass is 79.9. The van der Waals surface area contributed by atoms with Crippen LogP contribution in [0.2, 0.25) is 0 Å². The van der Waals surface area contributed by atoms with Gasteiger partial charge < -0.3 is 4.74 Å². The molecule has 0 saturated heterocycles. The van der Waals surface area contributed by atoms with Crippen LogP contribution in [0.15, 0.2) is 70.6 Å². The van der Waals surface area contributed by atoms with Gasteiger partial charge in [0.15, 0.2) is 0 Å². The van der Waals surface area contributed by atoms with Crippen molar-refractivity contribution in [1.82, 2.24) is 4.31 Å². The molecule has 0 spiro atoms. The molecule has 138 valence electrons. The Hall–Kier alpha value is -1.96. The zero-order valence-electron chi connectivity index (χ0n) is 14.4. The lowest BCUT2D eigenvalue weighted by Gasteiger charge is -2.21. The number of carbonyl (C=O) groups excluding carboxylic acids is 1. The van der Waals surface area contributed by atoms with Crippen LogP contribution in [0.5, 0.6) is 0 Å². The van der Waals surface area contributed by atoms with Gasteiger partial charge >= 0.3 is 5.97 Å². The molecule has 5 nitrogen and oxygen atoms in total. The Balaban J connectivity index is 2.36. The maximum Gasteiger partial charge on any atom is 0.338 e. The molecular weight excluding hydrogens is 418 g/mol. The summed E-state index contributed by atoms with van der Waals surface area (Å²) in [5, 5.41) is 0. The highest BCUT2D eigenvalue weighted by Gasteiger charge is 2.26.